The van der Waals surface area contributed by atoms with Crippen LogP contribution in [0.2, 0.25) is 5.02 Å². The van der Waals surface area contributed by atoms with Crippen LogP contribution in [-0.2, 0) is 17.8 Å². The van der Waals surface area contributed by atoms with E-state index in [1.54, 1.807) is 24.3 Å². The van der Waals surface area contributed by atoms with Crippen LogP contribution in [0.25, 0.3) is 6.08 Å². The van der Waals surface area contributed by atoms with Crippen LogP contribution in [0.1, 0.15) is 23.1 Å². The predicted molar refractivity (Wildman–Crippen MR) is 130 cm³/mol. The second kappa shape index (κ2) is 12.4. The van der Waals surface area contributed by atoms with Crippen LogP contribution in [0.15, 0.2) is 72.3 Å². The molecule has 0 aliphatic carbocycles. The molecule has 3 aromatic rings. The summed E-state index contributed by atoms with van der Waals surface area (Å²) in [4.78, 5) is 12.5. The van der Waals surface area contributed by atoms with E-state index in [4.69, 9.17) is 21.1 Å². The lowest BCUT2D eigenvalue weighted by atomic mass is 10.1. The highest BCUT2D eigenvalue weighted by Crippen LogP contribution is 2.37. The number of nitriles is 1. The van der Waals surface area contributed by atoms with E-state index >= 15 is 0 Å². The van der Waals surface area contributed by atoms with E-state index < -0.39 is 5.91 Å². The molecule has 1 amide bonds. The Morgan fingerprint density at radius 2 is 1.88 bits per heavy atom. The number of rotatable bonds is 10. The van der Waals surface area contributed by atoms with Gasteiger partial charge in [-0.2, -0.15) is 5.26 Å². The van der Waals surface area contributed by atoms with Crippen molar-refractivity contribution in [2.45, 2.75) is 19.4 Å². The molecule has 0 fully saturated rings. The second-order valence-electron chi connectivity index (χ2n) is 7.47. The van der Waals surface area contributed by atoms with E-state index in [9.17, 15) is 14.4 Å². The number of carbonyl (C=O) groups is 1. The highest BCUT2D eigenvalue weighted by Gasteiger charge is 2.14. The number of nitrogens with zero attached hydrogens (tertiary/aromatic N) is 1. The van der Waals surface area contributed by atoms with Gasteiger partial charge in [0.15, 0.2) is 11.5 Å². The van der Waals surface area contributed by atoms with E-state index in [1.807, 2.05) is 36.4 Å². The standard InChI is InChI=1S/C27H24ClFN2O3/c1-33-25-16-21(15-24(28)26(25)34-18-20-9-5-11-23(29)14-20)13-22(17-30)27(32)31-12-6-10-19-7-3-2-4-8-19/h2-5,7-9,11,13-16H,6,10,12,18H2,1H3,(H,31,32)/b22-13-. The van der Waals surface area contributed by atoms with E-state index in [2.05, 4.69) is 5.32 Å². The maximum atomic E-state index is 13.4. The highest BCUT2D eigenvalue weighted by atomic mass is 35.5. The Balaban J connectivity index is 1.65. The van der Waals surface area contributed by atoms with Gasteiger partial charge in [-0.25, -0.2) is 4.39 Å². The minimum atomic E-state index is -0.461. The molecule has 3 rings (SSSR count). The number of halogens is 2. The number of ether oxygens (including phenoxy) is 2. The lowest BCUT2D eigenvalue weighted by molar-refractivity contribution is -0.117. The molecule has 0 radical (unpaired) electrons. The highest BCUT2D eigenvalue weighted by molar-refractivity contribution is 6.32. The van der Waals surface area contributed by atoms with Crippen LogP contribution in [0.5, 0.6) is 11.5 Å². The number of nitrogens with one attached hydrogen (secondary N) is 1. The van der Waals surface area contributed by atoms with Gasteiger partial charge in [-0.3, -0.25) is 4.79 Å². The molecule has 5 nitrogen and oxygen atoms in total. The Morgan fingerprint density at radius 3 is 2.59 bits per heavy atom. The molecule has 7 heteroatoms. The van der Waals surface area contributed by atoms with Crippen LogP contribution in [0, 0.1) is 17.1 Å². The van der Waals surface area contributed by atoms with Crippen molar-refractivity contribution in [3.05, 3.63) is 99.8 Å². The van der Waals surface area contributed by atoms with Crippen molar-refractivity contribution in [1.29, 1.82) is 5.26 Å². The summed E-state index contributed by atoms with van der Waals surface area (Å²) in [6.45, 7) is 0.543. The van der Waals surface area contributed by atoms with Gasteiger partial charge in [-0.1, -0.05) is 54.1 Å². The van der Waals surface area contributed by atoms with E-state index in [0.29, 0.717) is 23.4 Å². The van der Waals surface area contributed by atoms with Gasteiger partial charge in [0.05, 0.1) is 12.1 Å². The minimum absolute atomic E-state index is 0.0498. The summed E-state index contributed by atoms with van der Waals surface area (Å²) in [6, 6.07) is 21.1. The molecule has 0 unspecified atom stereocenters. The molecule has 0 atom stereocenters. The van der Waals surface area contributed by atoms with Crippen molar-refractivity contribution < 1.29 is 18.7 Å². The maximum Gasteiger partial charge on any atom is 0.261 e. The number of benzene rings is 3. The van der Waals surface area contributed by atoms with E-state index in [0.717, 1.165) is 12.8 Å². The third-order valence-corrected chi connectivity index (χ3v) is 5.25. The summed E-state index contributed by atoms with van der Waals surface area (Å²) in [5, 5.41) is 12.5. The molecule has 0 aliphatic rings. The molecule has 0 aliphatic heterocycles. The quantitative estimate of drug-likeness (QED) is 0.230. The molecule has 174 valence electrons. The molecular weight excluding hydrogens is 455 g/mol. The Labute approximate surface area is 203 Å². The Kier molecular flexibility index (Phi) is 9.07. The SMILES string of the molecule is COc1cc(/C=C(/C#N)C(=O)NCCCc2ccccc2)cc(Cl)c1OCc1cccc(F)c1. The topological polar surface area (TPSA) is 71.3 Å². The molecule has 0 bridgehead atoms. The lowest BCUT2D eigenvalue weighted by Gasteiger charge is -2.14. The maximum absolute atomic E-state index is 13.4. The molecular formula is C27H24ClFN2O3. The van der Waals surface area contributed by atoms with Gasteiger partial charge in [-0.05, 0) is 59.9 Å². The smallest absolute Gasteiger partial charge is 0.261 e. The normalized spacial score (nSPS) is 10.9. The third-order valence-electron chi connectivity index (χ3n) is 4.97. The van der Waals surface area contributed by atoms with Gasteiger partial charge in [0.25, 0.3) is 5.91 Å². The Morgan fingerprint density at radius 1 is 1.12 bits per heavy atom. The zero-order valence-corrected chi connectivity index (χ0v) is 19.4. The Hall–Kier alpha value is -3.82. The second-order valence-corrected chi connectivity index (χ2v) is 7.87. The first-order valence-electron chi connectivity index (χ1n) is 10.7. The third kappa shape index (κ3) is 7.09. The zero-order chi connectivity index (χ0) is 24.3. The molecule has 0 aromatic heterocycles. The summed E-state index contributed by atoms with van der Waals surface area (Å²) in [6.07, 6.45) is 3.03. The molecule has 1 N–H and O–H groups in total. The monoisotopic (exact) mass is 478 g/mol. The zero-order valence-electron chi connectivity index (χ0n) is 18.7. The molecule has 3 aromatic carbocycles. The average molecular weight is 479 g/mol. The van der Waals surface area contributed by atoms with Crippen LogP contribution in [0.4, 0.5) is 4.39 Å². The Bertz CT molecular complexity index is 1210. The van der Waals surface area contributed by atoms with Crippen LogP contribution in [0.3, 0.4) is 0 Å². The van der Waals surface area contributed by atoms with Crippen molar-refractivity contribution in [3.8, 4) is 17.6 Å². The molecule has 0 saturated carbocycles. The number of hydrogen-bond acceptors (Lipinski definition) is 4. The lowest BCUT2D eigenvalue weighted by Crippen LogP contribution is -2.25. The van der Waals surface area contributed by atoms with Crippen LogP contribution < -0.4 is 14.8 Å². The molecule has 34 heavy (non-hydrogen) atoms. The van der Waals surface area contributed by atoms with Crippen LogP contribution >= 0.6 is 11.6 Å². The van der Waals surface area contributed by atoms with Gasteiger partial charge < -0.3 is 14.8 Å². The van der Waals surface area contributed by atoms with E-state index in [-0.39, 0.29) is 28.8 Å². The fourth-order valence-electron chi connectivity index (χ4n) is 3.30. The van der Waals surface area contributed by atoms with Gasteiger partial charge in [0.1, 0.15) is 24.1 Å². The number of amides is 1. The number of hydrogen-bond donors (Lipinski definition) is 1. The first kappa shape index (κ1) is 24.8. The number of aryl methyl sites for hydroxylation is 1. The van der Waals surface area contributed by atoms with Crippen molar-refractivity contribution in [2.24, 2.45) is 0 Å². The minimum Gasteiger partial charge on any atom is -0.493 e. The van der Waals surface area contributed by atoms with Gasteiger partial charge in [0.2, 0.25) is 0 Å². The van der Waals surface area contributed by atoms with Crippen LogP contribution in [-0.4, -0.2) is 19.6 Å². The summed E-state index contributed by atoms with van der Waals surface area (Å²) in [5.41, 5.74) is 2.29. The van der Waals surface area contributed by atoms with Crippen molar-refractivity contribution in [1.82, 2.24) is 5.32 Å². The van der Waals surface area contributed by atoms with Crippen molar-refractivity contribution in [2.75, 3.05) is 13.7 Å². The number of carbonyl (C=O) groups excluding carboxylic acids is 1. The average Bonchev–Trinajstić information content (AvgIpc) is 2.84. The summed E-state index contributed by atoms with van der Waals surface area (Å²) in [7, 11) is 1.46. The number of methoxy groups -OCH3 is 1. The van der Waals surface area contributed by atoms with E-state index in [1.165, 1.54) is 30.9 Å². The van der Waals surface area contributed by atoms with Gasteiger partial charge in [-0.15, -0.1) is 0 Å². The van der Waals surface area contributed by atoms with Gasteiger partial charge in [0, 0.05) is 6.54 Å². The fraction of sp³-hybridized carbons (Fsp3) is 0.185. The molecule has 0 saturated heterocycles. The summed E-state index contributed by atoms with van der Waals surface area (Å²) in [5.74, 6) is -0.204. The summed E-state index contributed by atoms with van der Waals surface area (Å²) >= 11 is 6.39. The van der Waals surface area contributed by atoms with Crippen molar-refractivity contribution in [3.63, 3.8) is 0 Å². The van der Waals surface area contributed by atoms with Crippen molar-refractivity contribution >= 4 is 23.6 Å². The fourth-order valence-corrected chi connectivity index (χ4v) is 3.57. The first-order chi connectivity index (χ1) is 16.5. The molecule has 0 heterocycles. The van der Waals surface area contributed by atoms with Gasteiger partial charge >= 0.3 is 0 Å². The summed E-state index contributed by atoms with van der Waals surface area (Å²) < 4.78 is 24.5. The first-order valence-corrected chi connectivity index (χ1v) is 11.1. The molecule has 0 spiro atoms. The largest absolute Gasteiger partial charge is 0.493 e. The predicted octanol–water partition coefficient (Wildman–Crippen LogP) is 5.72.